The first-order valence-corrected chi connectivity index (χ1v) is 9.06. The van der Waals surface area contributed by atoms with Crippen molar-refractivity contribution in [3.05, 3.63) is 72.0 Å². The zero-order valence-corrected chi connectivity index (χ0v) is 15.1. The van der Waals surface area contributed by atoms with Gasteiger partial charge in [0.15, 0.2) is 17.1 Å². The second kappa shape index (κ2) is 7.18. The minimum atomic E-state index is -2.17. The van der Waals surface area contributed by atoms with Crippen LogP contribution in [0.3, 0.4) is 0 Å². The number of Topliss-reactive ketones (excluding diaryl/α,β-unsaturated/α-hetero) is 1. The third-order valence-corrected chi connectivity index (χ3v) is 5.22. The maximum absolute atomic E-state index is 13.2. The first kappa shape index (κ1) is 18.3. The van der Waals surface area contributed by atoms with Crippen molar-refractivity contribution in [2.24, 2.45) is 5.92 Å². The van der Waals surface area contributed by atoms with Crippen molar-refractivity contribution in [3.63, 3.8) is 0 Å². The predicted molar refractivity (Wildman–Crippen MR) is 99.8 cm³/mol. The summed E-state index contributed by atoms with van der Waals surface area (Å²) < 4.78 is 11.1. The molecular formula is C21H20N2O5. The normalized spacial score (nSPS) is 25.9. The molecule has 1 aromatic heterocycles. The maximum atomic E-state index is 13.2. The average molecular weight is 380 g/mol. The van der Waals surface area contributed by atoms with Crippen LogP contribution in [0.4, 0.5) is 0 Å². The first-order valence-electron chi connectivity index (χ1n) is 9.06. The molecule has 1 unspecified atom stereocenters. The Morgan fingerprint density at radius 3 is 2.89 bits per heavy atom. The smallest absolute Gasteiger partial charge is 0.265 e. The fourth-order valence-corrected chi connectivity index (χ4v) is 3.81. The summed E-state index contributed by atoms with van der Waals surface area (Å²) in [6, 6.07) is 8.81. The van der Waals surface area contributed by atoms with Crippen LogP contribution in [0.2, 0.25) is 0 Å². The number of hydrogen-bond donors (Lipinski definition) is 2. The van der Waals surface area contributed by atoms with E-state index in [1.54, 1.807) is 12.2 Å². The fourth-order valence-electron chi connectivity index (χ4n) is 3.81. The van der Waals surface area contributed by atoms with Crippen LogP contribution in [0.5, 0.6) is 5.88 Å². The van der Waals surface area contributed by atoms with Gasteiger partial charge in [-0.15, -0.1) is 6.58 Å². The van der Waals surface area contributed by atoms with Gasteiger partial charge in [0.05, 0.1) is 6.04 Å². The molecule has 4 rings (SSSR count). The van der Waals surface area contributed by atoms with Crippen LogP contribution in [0.25, 0.3) is 0 Å². The van der Waals surface area contributed by atoms with Crippen molar-refractivity contribution >= 4 is 11.6 Å². The summed E-state index contributed by atoms with van der Waals surface area (Å²) in [6.45, 7) is 4.26. The third kappa shape index (κ3) is 2.80. The highest BCUT2D eigenvalue weighted by Crippen LogP contribution is 2.47. The standard InChI is InChI=1S/C21H20N2O5/c1-2-11-22-17-14-9-6-10-15(24)21(14,26)19(25)16-18(17)28-23-20(16)27-12-13-7-4-3-5-8-13/h2-8,10,14,17,22,26H,1,9,11-12H2/t14?,17-,21-/m0/s1. The Labute approximate surface area is 161 Å². The minimum absolute atomic E-state index is 0.0138. The number of rotatable bonds is 6. The molecule has 0 saturated heterocycles. The molecule has 1 heterocycles. The summed E-state index contributed by atoms with van der Waals surface area (Å²) in [4.78, 5) is 25.7. The van der Waals surface area contributed by atoms with Crippen molar-refractivity contribution in [1.82, 2.24) is 10.5 Å². The third-order valence-electron chi connectivity index (χ3n) is 5.22. The van der Waals surface area contributed by atoms with Crippen LogP contribution < -0.4 is 10.1 Å². The van der Waals surface area contributed by atoms with Gasteiger partial charge in [0.2, 0.25) is 5.78 Å². The molecule has 2 aromatic rings. The van der Waals surface area contributed by atoms with Crippen LogP contribution in [0, 0.1) is 5.92 Å². The molecule has 2 aliphatic carbocycles. The zero-order chi connectivity index (χ0) is 19.7. The molecule has 2 aliphatic rings. The number of ether oxygens (including phenoxy) is 1. The minimum Gasteiger partial charge on any atom is -0.470 e. The number of benzene rings is 1. The van der Waals surface area contributed by atoms with Gasteiger partial charge in [0.1, 0.15) is 12.2 Å². The van der Waals surface area contributed by atoms with E-state index in [9.17, 15) is 14.7 Å². The van der Waals surface area contributed by atoms with E-state index in [1.165, 1.54) is 6.08 Å². The molecule has 0 bridgehead atoms. The number of nitrogens with one attached hydrogen (secondary N) is 1. The largest absolute Gasteiger partial charge is 0.470 e. The first-order chi connectivity index (χ1) is 13.6. The van der Waals surface area contributed by atoms with Crippen LogP contribution in [-0.2, 0) is 11.4 Å². The van der Waals surface area contributed by atoms with Crippen molar-refractivity contribution < 1.29 is 24.0 Å². The zero-order valence-electron chi connectivity index (χ0n) is 15.1. The van der Waals surface area contributed by atoms with Crippen LogP contribution in [0.15, 0.2) is 59.7 Å². The molecule has 144 valence electrons. The molecule has 7 heteroatoms. The van der Waals surface area contributed by atoms with E-state index in [2.05, 4.69) is 17.1 Å². The van der Waals surface area contributed by atoms with Gasteiger partial charge < -0.3 is 19.7 Å². The van der Waals surface area contributed by atoms with Gasteiger partial charge in [-0.3, -0.25) is 9.59 Å². The van der Waals surface area contributed by atoms with E-state index < -0.39 is 29.1 Å². The molecule has 0 aliphatic heterocycles. The predicted octanol–water partition coefficient (Wildman–Crippen LogP) is 2.14. The Morgan fingerprint density at radius 1 is 1.36 bits per heavy atom. The van der Waals surface area contributed by atoms with Gasteiger partial charge in [-0.05, 0) is 23.2 Å². The number of aromatic nitrogens is 1. The van der Waals surface area contributed by atoms with Crippen LogP contribution in [0.1, 0.15) is 34.1 Å². The Morgan fingerprint density at radius 2 is 2.14 bits per heavy atom. The highest BCUT2D eigenvalue weighted by molar-refractivity contribution is 6.23. The summed E-state index contributed by atoms with van der Waals surface area (Å²) in [5, 5.41) is 18.2. The number of aliphatic hydroxyl groups is 1. The van der Waals surface area contributed by atoms with Gasteiger partial charge >= 0.3 is 0 Å². The molecule has 28 heavy (non-hydrogen) atoms. The molecular weight excluding hydrogens is 360 g/mol. The molecule has 0 fully saturated rings. The molecule has 0 saturated carbocycles. The van der Waals surface area contributed by atoms with Crippen LogP contribution in [-0.4, -0.2) is 34.0 Å². The molecule has 1 aromatic carbocycles. The molecule has 2 N–H and O–H groups in total. The van der Waals surface area contributed by atoms with Crippen molar-refractivity contribution in [2.75, 3.05) is 6.54 Å². The lowest BCUT2D eigenvalue weighted by Crippen LogP contribution is -2.59. The number of fused-ring (bicyclic) bond motifs is 2. The number of ketones is 2. The SMILES string of the molecule is C=CCN[C@@H]1c2onc(OCc3ccccc3)c2C(=O)[C@@]2(O)C(=O)C=CCC12. The Kier molecular flexibility index (Phi) is 4.70. The van der Waals surface area contributed by atoms with E-state index in [1.807, 2.05) is 30.3 Å². The van der Waals surface area contributed by atoms with Crippen molar-refractivity contribution in [3.8, 4) is 5.88 Å². The van der Waals surface area contributed by atoms with Gasteiger partial charge in [-0.2, -0.15) is 0 Å². The van der Waals surface area contributed by atoms with E-state index in [0.717, 1.165) is 5.56 Å². The number of allylic oxidation sites excluding steroid dienone is 1. The molecule has 3 atom stereocenters. The lowest BCUT2D eigenvalue weighted by Gasteiger charge is -2.41. The number of carbonyl (C=O) groups excluding carboxylic acids is 2. The average Bonchev–Trinajstić information content (AvgIpc) is 3.13. The molecule has 0 radical (unpaired) electrons. The number of nitrogens with zero attached hydrogens (tertiary/aromatic N) is 1. The van der Waals surface area contributed by atoms with Gasteiger partial charge in [-0.1, -0.05) is 42.5 Å². The summed E-state index contributed by atoms with van der Waals surface area (Å²) in [5.74, 6) is -1.82. The monoisotopic (exact) mass is 380 g/mol. The van der Waals surface area contributed by atoms with Crippen molar-refractivity contribution in [1.29, 1.82) is 0 Å². The molecule has 0 spiro atoms. The highest BCUT2D eigenvalue weighted by Gasteiger charge is 2.60. The Bertz CT molecular complexity index is 949. The summed E-state index contributed by atoms with van der Waals surface area (Å²) >= 11 is 0. The Hall–Kier alpha value is -3.03. The second-order valence-electron chi connectivity index (χ2n) is 6.88. The topological polar surface area (TPSA) is 102 Å². The fraction of sp³-hybridized carbons (Fsp3) is 0.286. The van der Waals surface area contributed by atoms with Crippen LogP contribution >= 0.6 is 0 Å². The second-order valence-corrected chi connectivity index (χ2v) is 6.88. The highest BCUT2D eigenvalue weighted by atomic mass is 16.5. The number of carbonyl (C=O) groups is 2. The quantitative estimate of drug-likeness (QED) is 0.585. The lowest BCUT2D eigenvalue weighted by atomic mass is 9.65. The van der Waals surface area contributed by atoms with Crippen molar-refractivity contribution in [2.45, 2.75) is 24.7 Å². The lowest BCUT2D eigenvalue weighted by molar-refractivity contribution is -0.135. The van der Waals surface area contributed by atoms with E-state index in [0.29, 0.717) is 13.0 Å². The van der Waals surface area contributed by atoms with Gasteiger partial charge in [0.25, 0.3) is 5.88 Å². The molecule has 7 nitrogen and oxygen atoms in total. The maximum Gasteiger partial charge on any atom is 0.265 e. The molecule has 0 amide bonds. The summed E-state index contributed by atoms with van der Waals surface area (Å²) in [6.07, 6.45) is 4.91. The van der Waals surface area contributed by atoms with E-state index in [4.69, 9.17) is 9.26 Å². The summed E-state index contributed by atoms with van der Waals surface area (Å²) in [7, 11) is 0. The summed E-state index contributed by atoms with van der Waals surface area (Å²) in [5.41, 5.74) is -1.27. The Balaban J connectivity index is 1.73. The van der Waals surface area contributed by atoms with E-state index in [-0.39, 0.29) is 23.8 Å². The van der Waals surface area contributed by atoms with Gasteiger partial charge in [0, 0.05) is 12.5 Å². The van der Waals surface area contributed by atoms with Gasteiger partial charge in [-0.25, -0.2) is 0 Å². The number of hydrogen-bond acceptors (Lipinski definition) is 7. The van der Waals surface area contributed by atoms with E-state index >= 15 is 0 Å².